The fraction of sp³-hybridized carbons (Fsp3) is 0.706. The van der Waals surface area contributed by atoms with Gasteiger partial charge in [0.1, 0.15) is 0 Å². The molecular formula is C17H28N2O. The maximum absolute atomic E-state index is 6.05. The lowest BCUT2D eigenvalue weighted by Gasteiger charge is -2.31. The van der Waals surface area contributed by atoms with Gasteiger partial charge in [0, 0.05) is 12.7 Å². The van der Waals surface area contributed by atoms with Crippen LogP contribution in [0.1, 0.15) is 51.3 Å². The Balaban J connectivity index is 1.78. The Bertz CT molecular complexity index is 380. The van der Waals surface area contributed by atoms with Crippen LogP contribution >= 0.6 is 0 Å². The van der Waals surface area contributed by atoms with Crippen LogP contribution in [0, 0.1) is 11.8 Å². The molecule has 3 heteroatoms. The van der Waals surface area contributed by atoms with Gasteiger partial charge >= 0.3 is 0 Å². The Kier molecular flexibility index (Phi) is 5.99. The zero-order valence-electron chi connectivity index (χ0n) is 13.1. The molecule has 0 aromatic carbocycles. The van der Waals surface area contributed by atoms with E-state index in [4.69, 9.17) is 4.74 Å². The van der Waals surface area contributed by atoms with E-state index >= 15 is 0 Å². The van der Waals surface area contributed by atoms with Crippen molar-refractivity contribution < 1.29 is 4.74 Å². The van der Waals surface area contributed by atoms with Crippen LogP contribution in [-0.2, 0) is 17.9 Å². The summed E-state index contributed by atoms with van der Waals surface area (Å²) in [4.78, 5) is 4.49. The zero-order chi connectivity index (χ0) is 14.4. The van der Waals surface area contributed by atoms with Gasteiger partial charge in [-0.3, -0.25) is 4.98 Å². The summed E-state index contributed by atoms with van der Waals surface area (Å²) in [5.41, 5.74) is 2.27. The van der Waals surface area contributed by atoms with E-state index in [0.29, 0.717) is 12.7 Å². The first kappa shape index (κ1) is 15.5. The number of nitrogens with one attached hydrogen (secondary N) is 1. The first-order valence-corrected chi connectivity index (χ1v) is 7.93. The van der Waals surface area contributed by atoms with E-state index in [1.54, 1.807) is 0 Å². The Morgan fingerprint density at radius 2 is 1.95 bits per heavy atom. The summed E-state index contributed by atoms with van der Waals surface area (Å²) in [6, 6.07) is 4.23. The summed E-state index contributed by atoms with van der Waals surface area (Å²) in [6.07, 6.45) is 6.10. The second-order valence-corrected chi connectivity index (χ2v) is 6.29. The van der Waals surface area contributed by atoms with Gasteiger partial charge in [0.15, 0.2) is 0 Å². The predicted molar refractivity (Wildman–Crippen MR) is 82.4 cm³/mol. The van der Waals surface area contributed by atoms with Gasteiger partial charge in [-0.15, -0.1) is 0 Å². The number of nitrogens with zero attached hydrogens (tertiary/aromatic N) is 1. The number of ether oxygens (including phenoxy) is 1. The Hall–Kier alpha value is -0.930. The number of pyridine rings is 1. The third kappa shape index (κ3) is 4.88. The van der Waals surface area contributed by atoms with E-state index in [-0.39, 0.29) is 0 Å². The second kappa shape index (κ2) is 7.75. The minimum Gasteiger partial charge on any atom is -0.372 e. The highest BCUT2D eigenvalue weighted by Gasteiger charge is 2.24. The molecule has 2 rings (SSSR count). The molecule has 1 N–H and O–H groups in total. The van der Waals surface area contributed by atoms with Crippen molar-refractivity contribution in [1.82, 2.24) is 10.3 Å². The molecule has 1 aliphatic carbocycles. The van der Waals surface area contributed by atoms with E-state index in [2.05, 4.69) is 43.2 Å². The standard InChI is InChI=1S/C17H28N2O/c1-4-18-10-15-5-6-16(19-11-15)12-20-17-8-13(2)7-14(3)9-17/h5-6,11,13-14,17-18H,4,7-10,12H2,1-3H3. The minimum atomic E-state index is 0.414. The molecular weight excluding hydrogens is 248 g/mol. The zero-order valence-corrected chi connectivity index (χ0v) is 13.1. The highest BCUT2D eigenvalue weighted by Crippen LogP contribution is 2.30. The maximum atomic E-state index is 6.05. The van der Waals surface area contributed by atoms with Gasteiger partial charge in [-0.05, 0) is 49.3 Å². The lowest BCUT2D eigenvalue weighted by atomic mass is 9.82. The van der Waals surface area contributed by atoms with E-state index in [1.165, 1.54) is 24.8 Å². The van der Waals surface area contributed by atoms with Crippen LogP contribution in [-0.4, -0.2) is 17.6 Å². The molecule has 20 heavy (non-hydrogen) atoms. The molecule has 112 valence electrons. The molecule has 0 bridgehead atoms. The monoisotopic (exact) mass is 276 g/mol. The van der Waals surface area contributed by atoms with E-state index in [1.807, 2.05) is 6.20 Å². The van der Waals surface area contributed by atoms with Gasteiger partial charge in [0.05, 0.1) is 18.4 Å². The van der Waals surface area contributed by atoms with Crippen LogP contribution in [0.2, 0.25) is 0 Å². The van der Waals surface area contributed by atoms with Crippen LogP contribution in [0.4, 0.5) is 0 Å². The highest BCUT2D eigenvalue weighted by molar-refractivity contribution is 5.13. The number of hydrogen-bond acceptors (Lipinski definition) is 3. The Labute approximate surface area is 123 Å². The summed E-state index contributed by atoms with van der Waals surface area (Å²) in [6.45, 7) is 9.30. The van der Waals surface area contributed by atoms with Crippen molar-refractivity contribution in [2.24, 2.45) is 11.8 Å². The topological polar surface area (TPSA) is 34.1 Å². The molecule has 2 unspecified atom stereocenters. The van der Waals surface area contributed by atoms with Crippen LogP contribution in [0.5, 0.6) is 0 Å². The van der Waals surface area contributed by atoms with Crippen molar-refractivity contribution >= 4 is 0 Å². The van der Waals surface area contributed by atoms with Crippen molar-refractivity contribution in [3.63, 3.8) is 0 Å². The molecule has 0 spiro atoms. The second-order valence-electron chi connectivity index (χ2n) is 6.29. The van der Waals surface area contributed by atoms with Crippen molar-refractivity contribution in [3.8, 4) is 0 Å². The first-order valence-electron chi connectivity index (χ1n) is 7.93. The largest absolute Gasteiger partial charge is 0.372 e. The molecule has 1 aromatic rings. The average molecular weight is 276 g/mol. The van der Waals surface area contributed by atoms with Crippen LogP contribution in [0.15, 0.2) is 18.3 Å². The molecule has 1 fully saturated rings. The minimum absolute atomic E-state index is 0.414. The van der Waals surface area contributed by atoms with Crippen molar-refractivity contribution in [3.05, 3.63) is 29.6 Å². The van der Waals surface area contributed by atoms with Crippen LogP contribution in [0.25, 0.3) is 0 Å². The molecule has 1 aromatic heterocycles. The van der Waals surface area contributed by atoms with Gasteiger partial charge in [-0.1, -0.05) is 26.8 Å². The summed E-state index contributed by atoms with van der Waals surface area (Å²) in [5.74, 6) is 1.58. The quantitative estimate of drug-likeness (QED) is 0.863. The predicted octanol–water partition coefficient (Wildman–Crippen LogP) is 3.53. The third-order valence-electron chi connectivity index (χ3n) is 4.07. The molecule has 0 aliphatic heterocycles. The average Bonchev–Trinajstić information content (AvgIpc) is 2.43. The molecule has 1 aliphatic rings. The van der Waals surface area contributed by atoms with Crippen LogP contribution < -0.4 is 5.32 Å². The summed E-state index contributed by atoms with van der Waals surface area (Å²) in [5, 5.41) is 3.31. The molecule has 0 radical (unpaired) electrons. The Morgan fingerprint density at radius 1 is 1.20 bits per heavy atom. The maximum Gasteiger partial charge on any atom is 0.0891 e. The van der Waals surface area contributed by atoms with Crippen molar-refractivity contribution in [2.45, 2.75) is 59.3 Å². The molecule has 0 saturated heterocycles. The van der Waals surface area contributed by atoms with Gasteiger partial charge in [-0.2, -0.15) is 0 Å². The van der Waals surface area contributed by atoms with Gasteiger partial charge in [0.25, 0.3) is 0 Å². The number of aromatic nitrogens is 1. The lowest BCUT2D eigenvalue weighted by Crippen LogP contribution is -2.26. The van der Waals surface area contributed by atoms with Crippen molar-refractivity contribution in [2.75, 3.05) is 6.54 Å². The molecule has 2 atom stereocenters. The normalized spacial score (nSPS) is 26.6. The highest BCUT2D eigenvalue weighted by atomic mass is 16.5. The molecule has 1 saturated carbocycles. The fourth-order valence-electron chi connectivity index (χ4n) is 3.13. The van der Waals surface area contributed by atoms with E-state index < -0.39 is 0 Å². The summed E-state index contributed by atoms with van der Waals surface area (Å²) >= 11 is 0. The summed E-state index contributed by atoms with van der Waals surface area (Å²) in [7, 11) is 0. The van der Waals surface area contributed by atoms with E-state index in [0.717, 1.165) is 30.6 Å². The van der Waals surface area contributed by atoms with Crippen LogP contribution in [0.3, 0.4) is 0 Å². The number of hydrogen-bond donors (Lipinski definition) is 1. The summed E-state index contributed by atoms with van der Waals surface area (Å²) < 4.78 is 6.05. The first-order chi connectivity index (χ1) is 9.67. The lowest BCUT2D eigenvalue weighted by molar-refractivity contribution is -0.0105. The molecule has 0 amide bonds. The van der Waals surface area contributed by atoms with Gasteiger partial charge in [-0.25, -0.2) is 0 Å². The Morgan fingerprint density at radius 3 is 2.55 bits per heavy atom. The molecule has 3 nitrogen and oxygen atoms in total. The smallest absolute Gasteiger partial charge is 0.0891 e. The van der Waals surface area contributed by atoms with Gasteiger partial charge in [0.2, 0.25) is 0 Å². The fourth-order valence-corrected chi connectivity index (χ4v) is 3.13. The van der Waals surface area contributed by atoms with E-state index in [9.17, 15) is 0 Å². The third-order valence-corrected chi connectivity index (χ3v) is 4.07. The van der Waals surface area contributed by atoms with Crippen molar-refractivity contribution in [1.29, 1.82) is 0 Å². The van der Waals surface area contributed by atoms with Gasteiger partial charge < -0.3 is 10.1 Å². The SMILES string of the molecule is CCNCc1ccc(COC2CC(C)CC(C)C2)nc1. The molecule has 1 heterocycles. The number of rotatable bonds is 6.